The molecule has 70 valence electrons. The minimum absolute atomic E-state index is 0. The van der Waals surface area contributed by atoms with Gasteiger partial charge in [-0.05, 0) is 0 Å². The highest BCUT2D eigenvalue weighted by molar-refractivity contribution is 6.89. The molecule has 0 aromatic heterocycles. The van der Waals surface area contributed by atoms with E-state index in [0.29, 0.717) is 0 Å². The van der Waals surface area contributed by atoms with Gasteiger partial charge in [0.25, 0.3) is 23.1 Å². The molecule has 0 atom stereocenters. The fourth-order valence-electron chi connectivity index (χ4n) is 0.331. The SMILES string of the molecule is O.O=CC(=O)C(=O)C(=O)C(=O)C=O. The van der Waals surface area contributed by atoms with Crippen LogP contribution < -0.4 is 0 Å². The highest BCUT2D eigenvalue weighted by Crippen LogP contribution is 1.79. The normalized spacial score (nSPS) is 7.69. The number of hydrogen-bond donors (Lipinski definition) is 0. The fraction of sp³-hybridized carbons (Fsp3) is 0. The molecule has 0 aromatic carbocycles. The lowest BCUT2D eigenvalue weighted by Crippen LogP contribution is -2.31. The second-order valence-corrected chi connectivity index (χ2v) is 1.62. The molecule has 0 rings (SSSR count). The second kappa shape index (κ2) is 5.61. The zero-order chi connectivity index (χ0) is 9.72. The number of Topliss-reactive ketones (excluding diaryl/α,β-unsaturated/α-hetero) is 4. The first-order chi connectivity index (χ1) is 5.54. The maximum Gasteiger partial charge on any atom is 0.280 e. The van der Waals surface area contributed by atoms with Crippen molar-refractivity contribution in [1.82, 2.24) is 0 Å². The van der Waals surface area contributed by atoms with Gasteiger partial charge in [-0.25, -0.2) is 0 Å². The van der Waals surface area contributed by atoms with Crippen LogP contribution in [0.3, 0.4) is 0 Å². The Morgan fingerprint density at radius 1 is 0.692 bits per heavy atom. The minimum atomic E-state index is -1.79. The summed E-state index contributed by atoms with van der Waals surface area (Å²) in [7, 11) is 0. The lowest BCUT2D eigenvalue weighted by molar-refractivity contribution is -0.150. The summed E-state index contributed by atoms with van der Waals surface area (Å²) in [5, 5.41) is 0. The Hall–Kier alpha value is -2.02. The van der Waals surface area contributed by atoms with Crippen molar-refractivity contribution in [2.75, 3.05) is 0 Å². The standard InChI is InChI=1S/C6H2O6.H2O/c7-1-3(9)5(11)6(12)4(10)2-8;/h1-2H;1H2. The number of rotatable bonds is 5. The van der Waals surface area contributed by atoms with Crippen LogP contribution in [-0.2, 0) is 28.8 Å². The van der Waals surface area contributed by atoms with Crippen molar-refractivity contribution >= 4 is 35.7 Å². The van der Waals surface area contributed by atoms with Crippen LogP contribution >= 0.6 is 0 Å². The number of carbonyl (C=O) groups excluding carboxylic acids is 6. The monoisotopic (exact) mass is 188 g/mol. The molecule has 0 spiro atoms. The average Bonchev–Trinajstić information content (AvgIpc) is 2.12. The summed E-state index contributed by atoms with van der Waals surface area (Å²) < 4.78 is 0. The van der Waals surface area contributed by atoms with Gasteiger partial charge in [0.1, 0.15) is 0 Å². The molecule has 2 N–H and O–H groups in total. The molecule has 0 heterocycles. The third-order valence-electron chi connectivity index (χ3n) is 0.868. The summed E-state index contributed by atoms with van der Waals surface area (Å²) in [5.74, 6) is -6.87. The molecule has 0 saturated heterocycles. The molecule has 0 radical (unpaired) electrons. The van der Waals surface area contributed by atoms with E-state index in [9.17, 15) is 28.8 Å². The first kappa shape index (κ1) is 13.6. The Morgan fingerprint density at radius 2 is 0.923 bits per heavy atom. The molecule has 0 saturated carbocycles. The predicted octanol–water partition coefficient (Wildman–Crippen LogP) is -3.16. The predicted molar refractivity (Wildman–Crippen MR) is 35.8 cm³/mol. The maximum atomic E-state index is 10.4. The molecule has 13 heavy (non-hydrogen) atoms. The molecule has 0 aliphatic heterocycles. The van der Waals surface area contributed by atoms with Gasteiger partial charge in [0, 0.05) is 0 Å². The van der Waals surface area contributed by atoms with Gasteiger partial charge in [0.05, 0.1) is 0 Å². The molecule has 7 heteroatoms. The Kier molecular flexibility index (Phi) is 5.85. The highest BCUT2D eigenvalue weighted by Gasteiger charge is 2.27. The van der Waals surface area contributed by atoms with Crippen molar-refractivity contribution in [1.29, 1.82) is 0 Å². The highest BCUT2D eigenvalue weighted by atomic mass is 16.2. The van der Waals surface area contributed by atoms with Gasteiger partial charge >= 0.3 is 0 Å². The van der Waals surface area contributed by atoms with Crippen LogP contribution in [0.5, 0.6) is 0 Å². The third kappa shape index (κ3) is 3.25. The van der Waals surface area contributed by atoms with Gasteiger partial charge in [0.2, 0.25) is 0 Å². The Balaban J connectivity index is 0. The molecule has 0 fully saturated rings. The van der Waals surface area contributed by atoms with E-state index < -0.39 is 35.7 Å². The van der Waals surface area contributed by atoms with Crippen LogP contribution in [0.1, 0.15) is 0 Å². The van der Waals surface area contributed by atoms with Gasteiger partial charge in [-0.2, -0.15) is 0 Å². The third-order valence-corrected chi connectivity index (χ3v) is 0.868. The number of hydrogen-bond acceptors (Lipinski definition) is 6. The van der Waals surface area contributed by atoms with Crippen LogP contribution in [0, 0.1) is 0 Å². The molecular formula is C6H4O7. The molecule has 0 bridgehead atoms. The van der Waals surface area contributed by atoms with Crippen molar-refractivity contribution in [3.05, 3.63) is 0 Å². The van der Waals surface area contributed by atoms with Crippen LogP contribution in [0.4, 0.5) is 0 Å². The molecule has 7 nitrogen and oxygen atoms in total. The zero-order valence-electron chi connectivity index (χ0n) is 6.10. The van der Waals surface area contributed by atoms with Crippen molar-refractivity contribution in [3.63, 3.8) is 0 Å². The van der Waals surface area contributed by atoms with Crippen molar-refractivity contribution in [2.45, 2.75) is 0 Å². The van der Waals surface area contributed by atoms with Gasteiger partial charge in [0.15, 0.2) is 12.6 Å². The van der Waals surface area contributed by atoms with Crippen molar-refractivity contribution in [2.24, 2.45) is 0 Å². The molecule has 0 aliphatic rings. The summed E-state index contributed by atoms with van der Waals surface area (Å²) in [6.45, 7) is 0. The lowest BCUT2D eigenvalue weighted by Gasteiger charge is -1.85. The van der Waals surface area contributed by atoms with Gasteiger partial charge in [-0.15, -0.1) is 0 Å². The van der Waals surface area contributed by atoms with Crippen LogP contribution in [0.15, 0.2) is 0 Å². The largest absolute Gasteiger partial charge is 0.412 e. The molecule has 0 aliphatic carbocycles. The van der Waals surface area contributed by atoms with E-state index in [4.69, 9.17) is 0 Å². The summed E-state index contributed by atoms with van der Waals surface area (Å²) in [6.07, 6.45) is -0.809. The topological polar surface area (TPSA) is 134 Å². The van der Waals surface area contributed by atoms with E-state index in [-0.39, 0.29) is 5.48 Å². The molecule has 0 amide bonds. The van der Waals surface area contributed by atoms with Crippen LogP contribution in [0.25, 0.3) is 0 Å². The van der Waals surface area contributed by atoms with Crippen LogP contribution in [-0.4, -0.2) is 41.2 Å². The Labute approximate surface area is 71.0 Å². The molecular weight excluding hydrogens is 184 g/mol. The number of aldehydes is 2. The minimum Gasteiger partial charge on any atom is -0.412 e. The maximum absolute atomic E-state index is 10.4. The van der Waals surface area contributed by atoms with Gasteiger partial charge < -0.3 is 5.48 Å². The first-order valence-corrected chi connectivity index (χ1v) is 2.62. The zero-order valence-corrected chi connectivity index (χ0v) is 6.10. The Bertz CT molecular complexity index is 257. The smallest absolute Gasteiger partial charge is 0.280 e. The van der Waals surface area contributed by atoms with Crippen molar-refractivity contribution < 1.29 is 34.2 Å². The van der Waals surface area contributed by atoms with E-state index >= 15 is 0 Å². The second-order valence-electron chi connectivity index (χ2n) is 1.62. The summed E-state index contributed by atoms with van der Waals surface area (Å²) >= 11 is 0. The van der Waals surface area contributed by atoms with Crippen molar-refractivity contribution in [3.8, 4) is 0 Å². The summed E-state index contributed by atoms with van der Waals surface area (Å²) in [5.41, 5.74) is 0. The number of ketones is 4. The lowest BCUT2D eigenvalue weighted by atomic mass is 10.1. The van der Waals surface area contributed by atoms with E-state index in [1.165, 1.54) is 0 Å². The summed E-state index contributed by atoms with van der Waals surface area (Å²) in [6, 6.07) is 0. The van der Waals surface area contributed by atoms with Gasteiger partial charge in [-0.1, -0.05) is 0 Å². The van der Waals surface area contributed by atoms with E-state index in [0.717, 1.165) is 0 Å². The molecule has 0 unspecified atom stereocenters. The van der Waals surface area contributed by atoms with Gasteiger partial charge in [-0.3, -0.25) is 28.8 Å². The Morgan fingerprint density at radius 3 is 1.08 bits per heavy atom. The summed E-state index contributed by atoms with van der Waals surface area (Å²) in [4.78, 5) is 60.3. The fourth-order valence-corrected chi connectivity index (χ4v) is 0.331. The molecule has 0 aromatic rings. The van der Waals surface area contributed by atoms with E-state index in [1.807, 2.05) is 0 Å². The quantitative estimate of drug-likeness (QED) is 0.254. The number of carbonyl (C=O) groups is 6. The first-order valence-electron chi connectivity index (χ1n) is 2.62. The van der Waals surface area contributed by atoms with E-state index in [1.54, 1.807) is 0 Å². The van der Waals surface area contributed by atoms with E-state index in [2.05, 4.69) is 0 Å². The van der Waals surface area contributed by atoms with Crippen LogP contribution in [0.2, 0.25) is 0 Å². The average molecular weight is 188 g/mol.